The van der Waals surface area contributed by atoms with Gasteiger partial charge in [0.15, 0.2) is 0 Å². The Balaban J connectivity index is 2.87. The fraction of sp³-hybridized carbons (Fsp3) is 0.538. The summed E-state index contributed by atoms with van der Waals surface area (Å²) < 4.78 is 37.9. The smallest absolute Gasteiger partial charge is 0.310 e. The number of halogens is 4. The van der Waals surface area contributed by atoms with Crippen LogP contribution in [-0.4, -0.2) is 12.7 Å². The van der Waals surface area contributed by atoms with Crippen LogP contribution in [0.2, 0.25) is 0 Å². The molecule has 0 heterocycles. The van der Waals surface area contributed by atoms with E-state index in [1.807, 2.05) is 32.0 Å². The number of hydrogen-bond donors (Lipinski definition) is 1. The van der Waals surface area contributed by atoms with Crippen LogP contribution >= 0.6 is 15.9 Å². The summed E-state index contributed by atoms with van der Waals surface area (Å²) in [6.45, 7) is 4.46. The topological polar surface area (TPSA) is 12.0 Å². The lowest BCUT2D eigenvalue weighted by molar-refractivity contribution is -0.136. The number of nitrogens with one attached hydrogen (secondary N) is 1. The lowest BCUT2D eigenvalue weighted by Crippen LogP contribution is -2.23. The van der Waals surface area contributed by atoms with Crippen molar-refractivity contribution in [3.8, 4) is 0 Å². The minimum absolute atomic E-state index is 0.0641. The number of benzene rings is 1. The second-order valence-electron chi connectivity index (χ2n) is 4.22. The van der Waals surface area contributed by atoms with Crippen molar-refractivity contribution in [2.24, 2.45) is 0 Å². The molecule has 0 saturated heterocycles. The molecule has 0 aromatic heterocycles. The van der Waals surface area contributed by atoms with Crippen molar-refractivity contribution in [2.45, 2.75) is 38.9 Å². The molecule has 5 heteroatoms. The van der Waals surface area contributed by atoms with Crippen molar-refractivity contribution in [1.82, 2.24) is 5.32 Å². The van der Waals surface area contributed by atoms with Gasteiger partial charge in [0.1, 0.15) is 0 Å². The van der Waals surface area contributed by atoms with Crippen LogP contribution < -0.4 is 5.32 Å². The highest BCUT2D eigenvalue weighted by atomic mass is 79.9. The maximum Gasteiger partial charge on any atom is 0.389 e. The highest BCUT2D eigenvalue weighted by molar-refractivity contribution is 9.10. The summed E-state index contributed by atoms with van der Waals surface area (Å²) in [7, 11) is 0. The van der Waals surface area contributed by atoms with E-state index in [0.717, 1.165) is 15.6 Å². The van der Waals surface area contributed by atoms with Gasteiger partial charge in [0.25, 0.3) is 0 Å². The van der Waals surface area contributed by atoms with E-state index < -0.39 is 12.6 Å². The first-order valence-corrected chi connectivity index (χ1v) is 6.69. The summed E-state index contributed by atoms with van der Waals surface area (Å²) in [4.78, 5) is 0. The molecule has 1 nitrogen and oxygen atoms in total. The van der Waals surface area contributed by atoms with Gasteiger partial charge in [0.2, 0.25) is 0 Å². The normalized spacial score (nSPS) is 13.7. The van der Waals surface area contributed by atoms with E-state index >= 15 is 0 Å². The Labute approximate surface area is 114 Å². The second kappa shape index (κ2) is 6.57. The maximum absolute atomic E-state index is 12.3. The summed E-state index contributed by atoms with van der Waals surface area (Å²) >= 11 is 3.41. The lowest BCUT2D eigenvalue weighted by atomic mass is 9.97. The zero-order valence-electron chi connectivity index (χ0n) is 10.4. The lowest BCUT2D eigenvalue weighted by Gasteiger charge is -2.21. The summed E-state index contributed by atoms with van der Waals surface area (Å²) in [5.74, 6) is 0. The van der Waals surface area contributed by atoms with E-state index in [9.17, 15) is 13.2 Å². The van der Waals surface area contributed by atoms with Gasteiger partial charge in [-0.2, -0.15) is 13.2 Å². The largest absolute Gasteiger partial charge is 0.389 e. The molecule has 1 rings (SSSR count). The fourth-order valence-corrected chi connectivity index (χ4v) is 2.31. The molecule has 1 N–H and O–H groups in total. The third-order valence-corrected chi connectivity index (χ3v) is 3.71. The van der Waals surface area contributed by atoms with Gasteiger partial charge in [-0.3, -0.25) is 0 Å². The first kappa shape index (κ1) is 15.5. The predicted octanol–water partition coefficient (Wildman–Crippen LogP) is 4.75. The Hall–Kier alpha value is -0.550. The molecule has 1 aromatic carbocycles. The molecule has 0 aliphatic heterocycles. The molecule has 102 valence electrons. The van der Waals surface area contributed by atoms with Gasteiger partial charge >= 0.3 is 6.18 Å². The van der Waals surface area contributed by atoms with Crippen molar-refractivity contribution >= 4 is 15.9 Å². The minimum Gasteiger partial charge on any atom is -0.310 e. The van der Waals surface area contributed by atoms with Gasteiger partial charge in [-0.15, -0.1) is 0 Å². The van der Waals surface area contributed by atoms with Crippen LogP contribution in [0.25, 0.3) is 0 Å². The average molecular weight is 324 g/mol. The van der Waals surface area contributed by atoms with Crippen LogP contribution in [0, 0.1) is 6.92 Å². The molecule has 0 aliphatic carbocycles. The molecule has 18 heavy (non-hydrogen) atoms. The molecule has 0 bridgehead atoms. The maximum atomic E-state index is 12.3. The van der Waals surface area contributed by atoms with Gasteiger partial charge in [0.05, 0.1) is 0 Å². The van der Waals surface area contributed by atoms with Crippen molar-refractivity contribution in [2.75, 3.05) is 6.54 Å². The third kappa shape index (κ3) is 4.61. The molecule has 0 fully saturated rings. The van der Waals surface area contributed by atoms with Crippen molar-refractivity contribution in [1.29, 1.82) is 0 Å². The van der Waals surface area contributed by atoms with Gasteiger partial charge in [-0.25, -0.2) is 0 Å². The van der Waals surface area contributed by atoms with Crippen LogP contribution in [-0.2, 0) is 0 Å². The van der Waals surface area contributed by atoms with Crippen LogP contribution in [0.3, 0.4) is 0 Å². The zero-order valence-corrected chi connectivity index (χ0v) is 12.0. The number of alkyl halides is 3. The zero-order chi connectivity index (χ0) is 13.8. The Morgan fingerprint density at radius 3 is 2.56 bits per heavy atom. The molecule has 0 amide bonds. The van der Waals surface area contributed by atoms with E-state index in [1.165, 1.54) is 0 Å². The Kier molecular flexibility index (Phi) is 5.66. The highest BCUT2D eigenvalue weighted by Gasteiger charge is 2.28. The first-order chi connectivity index (χ1) is 8.35. The van der Waals surface area contributed by atoms with Crippen molar-refractivity contribution < 1.29 is 13.2 Å². The molecule has 1 aromatic rings. The van der Waals surface area contributed by atoms with E-state index in [0.29, 0.717) is 6.54 Å². The fourth-order valence-electron chi connectivity index (χ4n) is 1.92. The first-order valence-electron chi connectivity index (χ1n) is 5.90. The average Bonchev–Trinajstić information content (AvgIpc) is 2.27. The molecule has 0 saturated carbocycles. The standard InChI is InChI=1S/C13H17BrF3N/c1-3-18-12(7-8-13(15,16)17)10-5-4-6-11(14)9(10)2/h4-6,12,18H,3,7-8H2,1-2H3. The highest BCUT2D eigenvalue weighted by Crippen LogP contribution is 2.31. The van der Waals surface area contributed by atoms with Crippen LogP contribution in [0.4, 0.5) is 13.2 Å². The second-order valence-corrected chi connectivity index (χ2v) is 5.07. The molecule has 0 aliphatic rings. The van der Waals surface area contributed by atoms with Crippen molar-refractivity contribution in [3.63, 3.8) is 0 Å². The molecule has 1 unspecified atom stereocenters. The summed E-state index contributed by atoms with van der Waals surface area (Å²) in [6.07, 6.45) is -4.81. The van der Waals surface area contributed by atoms with E-state index in [1.54, 1.807) is 0 Å². The Morgan fingerprint density at radius 2 is 2.00 bits per heavy atom. The Bertz CT molecular complexity index is 390. The monoisotopic (exact) mass is 323 g/mol. The molecular formula is C13H17BrF3N. The van der Waals surface area contributed by atoms with E-state index in [4.69, 9.17) is 0 Å². The van der Waals surface area contributed by atoms with E-state index in [2.05, 4.69) is 21.2 Å². The van der Waals surface area contributed by atoms with Crippen LogP contribution in [0.5, 0.6) is 0 Å². The van der Waals surface area contributed by atoms with Crippen molar-refractivity contribution in [3.05, 3.63) is 33.8 Å². The number of rotatable bonds is 5. The minimum atomic E-state index is -4.10. The van der Waals surface area contributed by atoms with Gasteiger partial charge < -0.3 is 5.32 Å². The molecule has 0 radical (unpaired) electrons. The van der Waals surface area contributed by atoms with Gasteiger partial charge in [-0.1, -0.05) is 35.0 Å². The molecular weight excluding hydrogens is 307 g/mol. The Morgan fingerprint density at radius 1 is 1.33 bits per heavy atom. The van der Waals surface area contributed by atoms with Gasteiger partial charge in [-0.05, 0) is 37.1 Å². The number of hydrogen-bond acceptors (Lipinski definition) is 1. The molecule has 0 spiro atoms. The molecule has 1 atom stereocenters. The van der Waals surface area contributed by atoms with Crippen LogP contribution in [0.1, 0.15) is 36.9 Å². The third-order valence-electron chi connectivity index (χ3n) is 2.85. The van der Waals surface area contributed by atoms with E-state index in [-0.39, 0.29) is 12.5 Å². The summed E-state index contributed by atoms with van der Waals surface area (Å²) in [5.41, 5.74) is 1.92. The SMILES string of the molecule is CCNC(CCC(F)(F)F)c1cccc(Br)c1C. The summed E-state index contributed by atoms with van der Waals surface area (Å²) in [6, 6.07) is 5.37. The van der Waals surface area contributed by atoms with Gasteiger partial charge in [0, 0.05) is 16.9 Å². The quantitative estimate of drug-likeness (QED) is 0.824. The predicted molar refractivity (Wildman–Crippen MR) is 70.6 cm³/mol. The summed E-state index contributed by atoms with van der Waals surface area (Å²) in [5, 5.41) is 3.12. The van der Waals surface area contributed by atoms with Crippen LogP contribution in [0.15, 0.2) is 22.7 Å².